The smallest absolute Gasteiger partial charge is 0.290 e. The van der Waals surface area contributed by atoms with Crippen LogP contribution in [0.5, 0.6) is 0 Å². The largest absolute Gasteiger partial charge is 0.334 e. The van der Waals surface area contributed by atoms with Gasteiger partial charge in [-0.1, -0.05) is 6.08 Å². The van der Waals surface area contributed by atoms with E-state index < -0.39 is 9.84 Å². The second kappa shape index (κ2) is 6.96. The van der Waals surface area contributed by atoms with E-state index in [1.165, 1.54) is 0 Å². The lowest BCUT2D eigenvalue weighted by Crippen LogP contribution is -2.31. The summed E-state index contributed by atoms with van der Waals surface area (Å²) in [5.74, 6) is 0.644. The average molecular weight is 440 g/mol. The summed E-state index contributed by atoms with van der Waals surface area (Å²) in [5, 5.41) is 0. The first-order valence-corrected chi connectivity index (χ1v) is 11.7. The van der Waals surface area contributed by atoms with Gasteiger partial charge < -0.3 is 0 Å². The summed E-state index contributed by atoms with van der Waals surface area (Å²) in [7, 11) is -2.90. The molecule has 1 saturated heterocycles. The summed E-state index contributed by atoms with van der Waals surface area (Å²) >= 11 is 3.46. The van der Waals surface area contributed by atoms with Gasteiger partial charge in [-0.3, -0.25) is 4.57 Å². The molecule has 2 aromatic heterocycles. The van der Waals surface area contributed by atoms with Crippen molar-refractivity contribution < 1.29 is 8.42 Å². The summed E-state index contributed by atoms with van der Waals surface area (Å²) in [6.45, 7) is 0.545. The molecule has 0 radical (unpaired) electrons. The molecule has 0 amide bonds. The van der Waals surface area contributed by atoms with Crippen LogP contribution in [0.3, 0.4) is 0 Å². The molecule has 140 valence electrons. The topological polar surface area (TPSA) is 74.0 Å². The standard InChI is InChI=1S/C18H22BrN3O3S/c19-14-10-16-17(20-11-14)22(15-4-2-1-3-5-15)18(23)21(16)12-13-6-8-26(24,25)9-7-13/h4,10-11,13H,1-3,5-9,12H2. The van der Waals surface area contributed by atoms with Gasteiger partial charge in [-0.15, -0.1) is 0 Å². The van der Waals surface area contributed by atoms with Crippen molar-refractivity contribution in [2.45, 2.75) is 45.1 Å². The molecule has 3 heterocycles. The zero-order valence-corrected chi connectivity index (χ0v) is 16.9. The Bertz CT molecular complexity index is 1020. The van der Waals surface area contributed by atoms with E-state index in [0.29, 0.717) is 25.0 Å². The number of fused-ring (bicyclic) bond motifs is 1. The summed E-state index contributed by atoms with van der Waals surface area (Å²) in [4.78, 5) is 17.7. The van der Waals surface area contributed by atoms with Crippen LogP contribution in [0.1, 0.15) is 38.5 Å². The SMILES string of the molecule is O=c1n(CC2CCS(=O)(=O)CC2)c2cc(Br)cnc2n1C1=CCCCC1. The number of sulfone groups is 1. The first-order chi connectivity index (χ1) is 12.4. The van der Waals surface area contributed by atoms with Gasteiger partial charge in [-0.2, -0.15) is 0 Å². The number of imidazole rings is 1. The van der Waals surface area contributed by atoms with Crippen molar-refractivity contribution in [2.75, 3.05) is 11.5 Å². The van der Waals surface area contributed by atoms with Crippen molar-refractivity contribution in [1.82, 2.24) is 14.1 Å². The average Bonchev–Trinajstić information content (AvgIpc) is 2.89. The number of nitrogens with zero attached hydrogens (tertiary/aromatic N) is 3. The van der Waals surface area contributed by atoms with Crippen molar-refractivity contribution in [3.8, 4) is 0 Å². The van der Waals surface area contributed by atoms with Crippen molar-refractivity contribution in [2.24, 2.45) is 5.92 Å². The van der Waals surface area contributed by atoms with E-state index in [1.54, 1.807) is 15.3 Å². The molecule has 4 rings (SSSR count). The summed E-state index contributed by atoms with van der Waals surface area (Å²) in [5.41, 5.74) is 2.47. The minimum absolute atomic E-state index is 0.0628. The lowest BCUT2D eigenvalue weighted by atomic mass is 10.0. The molecule has 6 nitrogen and oxygen atoms in total. The highest BCUT2D eigenvalue weighted by Gasteiger charge is 2.26. The minimum atomic E-state index is -2.90. The number of aromatic nitrogens is 3. The fraction of sp³-hybridized carbons (Fsp3) is 0.556. The summed E-state index contributed by atoms with van der Waals surface area (Å²) < 4.78 is 27.7. The van der Waals surface area contributed by atoms with Gasteiger partial charge in [0.05, 0.1) is 17.0 Å². The third-order valence-corrected chi connectivity index (χ3v) is 7.56. The van der Waals surface area contributed by atoms with Crippen LogP contribution in [-0.2, 0) is 16.4 Å². The van der Waals surface area contributed by atoms with E-state index in [2.05, 4.69) is 27.0 Å². The number of hydrogen-bond donors (Lipinski definition) is 0. The van der Waals surface area contributed by atoms with Crippen LogP contribution in [0.2, 0.25) is 0 Å². The van der Waals surface area contributed by atoms with Crippen LogP contribution >= 0.6 is 15.9 Å². The Kier molecular flexibility index (Phi) is 4.81. The van der Waals surface area contributed by atoms with Gasteiger partial charge in [0.25, 0.3) is 0 Å². The number of hydrogen-bond acceptors (Lipinski definition) is 4. The quantitative estimate of drug-likeness (QED) is 0.735. The Balaban J connectivity index is 1.77. The van der Waals surface area contributed by atoms with Crippen molar-refractivity contribution in [3.05, 3.63) is 33.3 Å². The normalized spacial score (nSPS) is 21.0. The van der Waals surface area contributed by atoms with Crippen LogP contribution in [0.15, 0.2) is 27.6 Å². The number of halogens is 1. The molecule has 1 aliphatic heterocycles. The third-order valence-electron chi connectivity index (χ3n) is 5.41. The molecule has 0 N–H and O–H groups in total. The highest BCUT2D eigenvalue weighted by atomic mass is 79.9. The Morgan fingerprint density at radius 1 is 1.23 bits per heavy atom. The van der Waals surface area contributed by atoms with E-state index in [-0.39, 0.29) is 23.1 Å². The van der Waals surface area contributed by atoms with E-state index in [1.807, 2.05) is 6.07 Å². The minimum Gasteiger partial charge on any atom is -0.290 e. The molecule has 1 aliphatic carbocycles. The maximum Gasteiger partial charge on any atom is 0.334 e. The molecular weight excluding hydrogens is 418 g/mol. The Morgan fingerprint density at radius 2 is 2.00 bits per heavy atom. The highest BCUT2D eigenvalue weighted by Crippen LogP contribution is 2.27. The highest BCUT2D eigenvalue weighted by molar-refractivity contribution is 9.10. The number of allylic oxidation sites excluding steroid dienone is 2. The second-order valence-corrected chi connectivity index (χ2v) is 10.5. The number of pyridine rings is 1. The molecule has 2 aromatic rings. The molecular formula is C18H22BrN3O3S. The molecule has 0 spiro atoms. The van der Waals surface area contributed by atoms with E-state index in [9.17, 15) is 13.2 Å². The fourth-order valence-electron chi connectivity index (χ4n) is 3.95. The van der Waals surface area contributed by atoms with E-state index in [4.69, 9.17) is 0 Å². The maximum absolute atomic E-state index is 13.2. The van der Waals surface area contributed by atoms with Gasteiger partial charge in [0.1, 0.15) is 9.84 Å². The molecule has 0 atom stereocenters. The van der Waals surface area contributed by atoms with Crippen LogP contribution in [0.25, 0.3) is 16.9 Å². The van der Waals surface area contributed by atoms with Crippen LogP contribution < -0.4 is 5.69 Å². The third kappa shape index (κ3) is 3.41. The van der Waals surface area contributed by atoms with Gasteiger partial charge in [-0.25, -0.2) is 22.8 Å². The summed E-state index contributed by atoms with van der Waals surface area (Å²) in [6, 6.07) is 1.93. The Labute approximate surface area is 161 Å². The van der Waals surface area contributed by atoms with Crippen molar-refractivity contribution >= 4 is 42.6 Å². The van der Waals surface area contributed by atoms with Crippen LogP contribution in [-0.4, -0.2) is 34.0 Å². The van der Waals surface area contributed by atoms with Gasteiger partial charge >= 0.3 is 5.69 Å². The van der Waals surface area contributed by atoms with Gasteiger partial charge in [0.15, 0.2) is 5.65 Å². The summed E-state index contributed by atoms with van der Waals surface area (Å²) in [6.07, 6.45) is 9.22. The zero-order valence-electron chi connectivity index (χ0n) is 14.5. The van der Waals surface area contributed by atoms with Gasteiger partial charge in [0, 0.05) is 22.9 Å². The maximum atomic E-state index is 13.2. The predicted octanol–water partition coefficient (Wildman–Crippen LogP) is 3.20. The molecule has 0 bridgehead atoms. The van der Waals surface area contributed by atoms with Crippen LogP contribution in [0.4, 0.5) is 0 Å². The molecule has 26 heavy (non-hydrogen) atoms. The van der Waals surface area contributed by atoms with Crippen LogP contribution in [0, 0.1) is 5.92 Å². The zero-order chi connectivity index (χ0) is 18.3. The number of rotatable bonds is 3. The molecule has 1 fully saturated rings. The first-order valence-electron chi connectivity index (χ1n) is 9.11. The molecule has 0 saturated carbocycles. The van der Waals surface area contributed by atoms with Gasteiger partial charge in [0.2, 0.25) is 0 Å². The van der Waals surface area contributed by atoms with E-state index >= 15 is 0 Å². The fourth-order valence-corrected chi connectivity index (χ4v) is 5.85. The van der Waals surface area contributed by atoms with E-state index in [0.717, 1.165) is 41.4 Å². The Morgan fingerprint density at radius 3 is 2.69 bits per heavy atom. The van der Waals surface area contributed by atoms with Crippen molar-refractivity contribution in [1.29, 1.82) is 0 Å². The lowest BCUT2D eigenvalue weighted by Gasteiger charge is -2.22. The predicted molar refractivity (Wildman–Crippen MR) is 106 cm³/mol. The molecule has 2 aliphatic rings. The molecule has 0 unspecified atom stereocenters. The van der Waals surface area contributed by atoms with Crippen molar-refractivity contribution in [3.63, 3.8) is 0 Å². The van der Waals surface area contributed by atoms with Gasteiger partial charge in [-0.05, 0) is 66.4 Å². The first kappa shape index (κ1) is 18.0. The lowest BCUT2D eigenvalue weighted by molar-refractivity contribution is 0.403. The molecule has 8 heteroatoms. The Hall–Kier alpha value is -1.41. The molecule has 0 aromatic carbocycles. The monoisotopic (exact) mass is 439 g/mol. The second-order valence-electron chi connectivity index (χ2n) is 7.26.